The number of benzene rings is 1. The Bertz CT molecular complexity index is 607. The summed E-state index contributed by atoms with van der Waals surface area (Å²) < 4.78 is 26.6. The second-order valence-electron chi connectivity index (χ2n) is 3.97. The van der Waals surface area contributed by atoms with Crippen molar-refractivity contribution in [2.75, 3.05) is 6.54 Å². The van der Waals surface area contributed by atoms with Gasteiger partial charge in [0.2, 0.25) is 10.0 Å². The number of nitrogens with two attached hydrogens (primary N) is 1. The largest absolute Gasteiger partial charge is 0.330 e. The Labute approximate surface area is 116 Å². The molecule has 7 heteroatoms. The van der Waals surface area contributed by atoms with Crippen LogP contribution in [0.4, 0.5) is 0 Å². The van der Waals surface area contributed by atoms with Gasteiger partial charge >= 0.3 is 0 Å². The summed E-state index contributed by atoms with van der Waals surface area (Å²) in [6.07, 6.45) is 2.39. The summed E-state index contributed by atoms with van der Waals surface area (Å²) in [7, 11) is -3.47. The first-order valence-corrected chi connectivity index (χ1v) is 8.14. The van der Waals surface area contributed by atoms with Gasteiger partial charge in [-0.3, -0.25) is 4.98 Å². The number of aromatic nitrogens is 1. The van der Waals surface area contributed by atoms with Crippen LogP contribution in [0.5, 0.6) is 0 Å². The second kappa shape index (κ2) is 6.25. The summed E-state index contributed by atoms with van der Waals surface area (Å²) in [4.78, 5) is 5.04. The summed E-state index contributed by atoms with van der Waals surface area (Å²) in [6.45, 7) is 0.813. The molecular formula is C12H15N3O2S2. The smallest absolute Gasteiger partial charge is 0.240 e. The van der Waals surface area contributed by atoms with E-state index in [0.717, 1.165) is 16.9 Å². The number of hydrogen-bond donors (Lipinski definition) is 2. The molecule has 19 heavy (non-hydrogen) atoms. The first kappa shape index (κ1) is 14.1. The predicted octanol–water partition coefficient (Wildman–Crippen LogP) is 1.12. The molecular weight excluding hydrogens is 282 g/mol. The van der Waals surface area contributed by atoms with Crippen LogP contribution in [0.2, 0.25) is 0 Å². The molecule has 0 saturated heterocycles. The minimum absolute atomic E-state index is 0.261. The molecule has 0 atom stereocenters. The Balaban J connectivity index is 2.06. The molecule has 0 aliphatic carbocycles. The lowest BCUT2D eigenvalue weighted by Gasteiger charge is -2.06. The highest BCUT2D eigenvalue weighted by atomic mass is 32.2. The molecule has 2 aromatic rings. The van der Waals surface area contributed by atoms with Gasteiger partial charge in [-0.1, -0.05) is 12.1 Å². The van der Waals surface area contributed by atoms with Crippen molar-refractivity contribution >= 4 is 21.4 Å². The van der Waals surface area contributed by atoms with E-state index in [9.17, 15) is 8.42 Å². The summed E-state index contributed by atoms with van der Waals surface area (Å²) in [5.41, 5.74) is 8.15. The van der Waals surface area contributed by atoms with Crippen LogP contribution in [0.25, 0.3) is 0 Å². The molecule has 0 bridgehead atoms. The van der Waals surface area contributed by atoms with E-state index < -0.39 is 10.0 Å². The molecule has 3 N–H and O–H groups in total. The molecule has 0 aliphatic rings. The highest BCUT2D eigenvalue weighted by molar-refractivity contribution is 7.89. The molecule has 0 aliphatic heterocycles. The molecule has 1 aromatic carbocycles. The number of nitrogens with zero attached hydrogens (tertiary/aromatic N) is 1. The van der Waals surface area contributed by atoms with Crippen LogP contribution >= 0.6 is 11.3 Å². The van der Waals surface area contributed by atoms with Gasteiger partial charge < -0.3 is 5.73 Å². The van der Waals surface area contributed by atoms with Gasteiger partial charge in [0.25, 0.3) is 0 Å². The zero-order valence-corrected chi connectivity index (χ0v) is 11.9. The fraction of sp³-hybridized carbons (Fsp3) is 0.250. The fourth-order valence-corrected chi connectivity index (χ4v) is 3.21. The average Bonchev–Trinajstić information content (AvgIpc) is 2.91. The zero-order valence-electron chi connectivity index (χ0n) is 10.2. The lowest BCUT2D eigenvalue weighted by atomic mass is 10.2. The number of hydrogen-bond acceptors (Lipinski definition) is 5. The molecule has 1 aromatic heterocycles. The van der Waals surface area contributed by atoms with E-state index in [1.807, 2.05) is 0 Å². The highest BCUT2D eigenvalue weighted by Gasteiger charge is 2.13. The van der Waals surface area contributed by atoms with Crippen molar-refractivity contribution in [3.05, 3.63) is 46.4 Å². The van der Waals surface area contributed by atoms with Crippen molar-refractivity contribution in [3.63, 3.8) is 0 Å². The second-order valence-corrected chi connectivity index (χ2v) is 6.71. The van der Waals surface area contributed by atoms with Crippen LogP contribution in [-0.2, 0) is 23.0 Å². The van der Waals surface area contributed by atoms with Crippen LogP contribution in [-0.4, -0.2) is 19.9 Å². The third-order valence-corrected chi connectivity index (χ3v) is 4.78. The maximum absolute atomic E-state index is 12.0. The first-order valence-electron chi connectivity index (χ1n) is 5.78. The minimum atomic E-state index is -3.47. The summed E-state index contributed by atoms with van der Waals surface area (Å²) in [5, 5.41) is 0. The van der Waals surface area contributed by atoms with Crippen molar-refractivity contribution in [2.45, 2.75) is 17.9 Å². The molecule has 0 spiro atoms. The van der Waals surface area contributed by atoms with Gasteiger partial charge in [0, 0.05) is 17.6 Å². The summed E-state index contributed by atoms with van der Waals surface area (Å²) in [5.74, 6) is 0. The van der Waals surface area contributed by atoms with E-state index in [-0.39, 0.29) is 11.4 Å². The Morgan fingerprint density at radius 2 is 2.00 bits per heavy atom. The van der Waals surface area contributed by atoms with Crippen LogP contribution < -0.4 is 10.5 Å². The molecule has 0 fully saturated rings. The SMILES string of the molecule is NCCc1ccc(S(=O)(=O)NCc2cncs2)cc1. The van der Waals surface area contributed by atoms with Crippen LogP contribution in [0.3, 0.4) is 0 Å². The van der Waals surface area contributed by atoms with Gasteiger partial charge in [0.05, 0.1) is 10.4 Å². The fourth-order valence-electron chi connectivity index (χ4n) is 1.58. The molecule has 0 radical (unpaired) electrons. The van der Waals surface area contributed by atoms with E-state index >= 15 is 0 Å². The maximum atomic E-state index is 12.0. The van der Waals surface area contributed by atoms with Gasteiger partial charge in [0.1, 0.15) is 0 Å². The maximum Gasteiger partial charge on any atom is 0.240 e. The zero-order chi connectivity index (χ0) is 13.7. The van der Waals surface area contributed by atoms with E-state index in [4.69, 9.17) is 5.73 Å². The van der Waals surface area contributed by atoms with Crippen LogP contribution in [0.1, 0.15) is 10.4 Å². The van der Waals surface area contributed by atoms with Crippen molar-refractivity contribution < 1.29 is 8.42 Å². The van der Waals surface area contributed by atoms with E-state index in [1.165, 1.54) is 11.3 Å². The number of thiazole rings is 1. The van der Waals surface area contributed by atoms with Crippen LogP contribution in [0, 0.1) is 0 Å². The highest BCUT2D eigenvalue weighted by Crippen LogP contribution is 2.12. The Kier molecular flexibility index (Phi) is 4.65. The van der Waals surface area contributed by atoms with Gasteiger partial charge in [0.15, 0.2) is 0 Å². The topological polar surface area (TPSA) is 85.1 Å². The van der Waals surface area contributed by atoms with Crippen LogP contribution in [0.15, 0.2) is 40.9 Å². The monoisotopic (exact) mass is 297 g/mol. The third kappa shape index (κ3) is 3.84. The van der Waals surface area contributed by atoms with Crippen molar-refractivity contribution in [1.29, 1.82) is 0 Å². The van der Waals surface area contributed by atoms with E-state index in [1.54, 1.807) is 36.0 Å². The van der Waals surface area contributed by atoms with Gasteiger partial charge in [-0.2, -0.15) is 0 Å². The number of rotatable bonds is 6. The van der Waals surface area contributed by atoms with Crippen molar-refractivity contribution in [1.82, 2.24) is 9.71 Å². The molecule has 102 valence electrons. The number of sulfonamides is 1. The Morgan fingerprint density at radius 3 is 2.58 bits per heavy atom. The lowest BCUT2D eigenvalue weighted by molar-refractivity contribution is 0.581. The molecule has 1 heterocycles. The normalized spacial score (nSPS) is 11.6. The lowest BCUT2D eigenvalue weighted by Crippen LogP contribution is -2.22. The standard InChI is InChI=1S/C12H15N3O2S2/c13-6-5-10-1-3-12(4-2-10)19(16,17)15-8-11-7-14-9-18-11/h1-4,7,9,15H,5-6,8,13H2. The molecule has 2 rings (SSSR count). The van der Waals surface area contributed by atoms with Gasteiger partial charge in [-0.25, -0.2) is 13.1 Å². The number of nitrogens with one attached hydrogen (secondary N) is 1. The molecule has 0 unspecified atom stereocenters. The van der Waals surface area contributed by atoms with Gasteiger partial charge in [-0.15, -0.1) is 11.3 Å². The van der Waals surface area contributed by atoms with Crippen molar-refractivity contribution in [2.24, 2.45) is 5.73 Å². The van der Waals surface area contributed by atoms with E-state index in [2.05, 4.69) is 9.71 Å². The molecule has 5 nitrogen and oxygen atoms in total. The summed E-state index contributed by atoms with van der Waals surface area (Å²) in [6, 6.07) is 6.77. The van der Waals surface area contributed by atoms with E-state index in [0.29, 0.717) is 6.54 Å². The first-order chi connectivity index (χ1) is 9.12. The Hall–Kier alpha value is -1.28. The van der Waals surface area contributed by atoms with Gasteiger partial charge in [-0.05, 0) is 30.7 Å². The quantitative estimate of drug-likeness (QED) is 0.837. The van der Waals surface area contributed by atoms with Crippen molar-refractivity contribution in [3.8, 4) is 0 Å². The average molecular weight is 297 g/mol. The predicted molar refractivity (Wildman–Crippen MR) is 75.3 cm³/mol. The summed E-state index contributed by atoms with van der Waals surface area (Å²) >= 11 is 1.42. The molecule has 0 saturated carbocycles. The third-order valence-electron chi connectivity index (χ3n) is 2.59. The molecule has 0 amide bonds. The Morgan fingerprint density at radius 1 is 1.26 bits per heavy atom. The minimum Gasteiger partial charge on any atom is -0.330 e.